The highest BCUT2D eigenvalue weighted by molar-refractivity contribution is 5.86. The third-order valence-corrected chi connectivity index (χ3v) is 3.20. The van der Waals surface area contributed by atoms with Crippen LogP contribution in [0, 0.1) is 5.41 Å². The van der Waals surface area contributed by atoms with Gasteiger partial charge in [-0.2, -0.15) is 0 Å². The second-order valence-electron chi connectivity index (χ2n) is 6.93. The fraction of sp³-hybridized carbons (Fsp3) is 0.867. The largest absolute Gasteiger partial charge is 0.399 e. The molecule has 0 atom stereocenters. The maximum Gasteiger partial charge on any atom is 0.223 e. The van der Waals surface area contributed by atoms with E-state index in [0.717, 1.165) is 25.1 Å². The summed E-state index contributed by atoms with van der Waals surface area (Å²) >= 11 is 0. The summed E-state index contributed by atoms with van der Waals surface area (Å²) in [5.74, 6) is 0.313. The third kappa shape index (κ3) is 6.60. The van der Waals surface area contributed by atoms with Gasteiger partial charge in [0, 0.05) is 23.9 Å². The zero-order chi connectivity index (χ0) is 15.3. The first-order valence-electron chi connectivity index (χ1n) is 6.89. The van der Waals surface area contributed by atoms with Crippen molar-refractivity contribution in [2.45, 2.75) is 66.8 Å². The van der Waals surface area contributed by atoms with Crippen LogP contribution in [0.4, 0.5) is 0 Å². The fourth-order valence-corrected chi connectivity index (χ4v) is 1.63. The molecule has 0 aromatic carbocycles. The van der Waals surface area contributed by atoms with Crippen molar-refractivity contribution in [2.75, 3.05) is 13.7 Å². The molecule has 0 aromatic heterocycles. The molecule has 1 fully saturated rings. The molecule has 0 aliphatic carbocycles. The number of hydrogen-bond acceptors (Lipinski definition) is 3. The van der Waals surface area contributed by atoms with Crippen LogP contribution in [-0.2, 0) is 9.63 Å². The highest BCUT2D eigenvalue weighted by Crippen LogP contribution is 2.20. The molecule has 0 radical (unpaired) electrons. The first-order valence-corrected chi connectivity index (χ1v) is 6.89. The lowest BCUT2D eigenvalue weighted by Crippen LogP contribution is -2.41. The van der Waals surface area contributed by atoms with Crippen molar-refractivity contribution in [3.63, 3.8) is 0 Å². The van der Waals surface area contributed by atoms with Gasteiger partial charge in [-0.25, -0.2) is 0 Å². The minimum absolute atomic E-state index is 0.0353. The first-order chi connectivity index (χ1) is 8.50. The molecule has 0 spiro atoms. The van der Waals surface area contributed by atoms with Crippen molar-refractivity contribution >= 4 is 11.6 Å². The molecule has 1 amide bonds. The first kappa shape index (κ1) is 17.9. The topological polar surface area (TPSA) is 41.9 Å². The monoisotopic (exact) mass is 270 g/mol. The number of rotatable bonds is 1. The number of carbonyl (C=O) groups excluding carboxylic acids is 1. The normalized spacial score (nSPS) is 17.2. The lowest BCUT2D eigenvalue weighted by atomic mass is 9.91. The van der Waals surface area contributed by atoms with Crippen LogP contribution in [0.15, 0.2) is 5.16 Å². The minimum atomic E-state index is 0.0353. The molecule has 0 saturated carbocycles. The summed E-state index contributed by atoms with van der Waals surface area (Å²) in [7, 11) is 1.56. The molecule has 0 bridgehead atoms. The van der Waals surface area contributed by atoms with Gasteiger partial charge in [0.2, 0.25) is 5.91 Å². The number of amides is 1. The number of likely N-dealkylation sites (tertiary alicyclic amines) is 1. The van der Waals surface area contributed by atoms with Crippen LogP contribution in [0.1, 0.15) is 61.3 Å². The van der Waals surface area contributed by atoms with E-state index in [2.05, 4.69) is 51.5 Å². The molecule has 4 heteroatoms. The van der Waals surface area contributed by atoms with Gasteiger partial charge < -0.3 is 9.74 Å². The van der Waals surface area contributed by atoms with E-state index in [1.165, 1.54) is 0 Å². The van der Waals surface area contributed by atoms with Gasteiger partial charge in [-0.15, -0.1) is 0 Å². The van der Waals surface area contributed by atoms with E-state index in [0.29, 0.717) is 5.91 Å². The van der Waals surface area contributed by atoms with Crippen LogP contribution in [0.5, 0.6) is 0 Å². The Bertz CT molecular complexity index is 322. The number of carbonyl (C=O) groups is 1. The molecule has 1 aliphatic heterocycles. The van der Waals surface area contributed by atoms with Crippen molar-refractivity contribution in [1.29, 1.82) is 0 Å². The number of nitrogens with zero attached hydrogens (tertiary/aromatic N) is 2. The van der Waals surface area contributed by atoms with E-state index >= 15 is 0 Å². The van der Waals surface area contributed by atoms with E-state index in [4.69, 9.17) is 0 Å². The van der Waals surface area contributed by atoms with E-state index in [9.17, 15) is 4.79 Å². The molecule has 112 valence electrons. The Morgan fingerprint density at radius 3 is 1.89 bits per heavy atom. The van der Waals surface area contributed by atoms with Gasteiger partial charge in [-0.1, -0.05) is 25.9 Å². The van der Waals surface area contributed by atoms with E-state index in [1.54, 1.807) is 7.11 Å². The standard InChI is InChI=1S/C8H15NO.C7H15NO/c1-8(2,3)9-6-4-5-7(9)10;1-6(8-9-5)7(2,3)4/h4-6H2,1-3H3;1-5H3/b;8-6+. The molecular formula is C15H30N2O2. The van der Waals surface area contributed by atoms with Gasteiger partial charge in [0.05, 0.1) is 5.71 Å². The number of oxime groups is 1. The van der Waals surface area contributed by atoms with Crippen LogP contribution in [-0.4, -0.2) is 35.7 Å². The highest BCUT2D eigenvalue weighted by Gasteiger charge is 2.29. The van der Waals surface area contributed by atoms with E-state index < -0.39 is 0 Å². The fourth-order valence-electron chi connectivity index (χ4n) is 1.63. The van der Waals surface area contributed by atoms with Gasteiger partial charge in [-0.3, -0.25) is 4.79 Å². The summed E-state index contributed by atoms with van der Waals surface area (Å²) in [4.78, 5) is 17.7. The Morgan fingerprint density at radius 2 is 1.74 bits per heavy atom. The zero-order valence-corrected chi connectivity index (χ0v) is 13.8. The Balaban J connectivity index is 0.000000344. The summed E-state index contributed by atoms with van der Waals surface area (Å²) in [6.45, 7) is 15.5. The Hall–Kier alpha value is -1.06. The molecule has 19 heavy (non-hydrogen) atoms. The summed E-state index contributed by atoms with van der Waals surface area (Å²) in [6, 6.07) is 0. The zero-order valence-electron chi connectivity index (χ0n) is 13.8. The predicted molar refractivity (Wildman–Crippen MR) is 80.3 cm³/mol. The van der Waals surface area contributed by atoms with Crippen LogP contribution in [0.3, 0.4) is 0 Å². The molecular weight excluding hydrogens is 240 g/mol. The maximum absolute atomic E-state index is 11.1. The van der Waals surface area contributed by atoms with Gasteiger partial charge >= 0.3 is 0 Å². The average Bonchev–Trinajstić information content (AvgIpc) is 2.64. The molecule has 1 rings (SSSR count). The molecule has 0 N–H and O–H groups in total. The van der Waals surface area contributed by atoms with Crippen LogP contribution < -0.4 is 0 Å². The molecule has 1 heterocycles. The maximum atomic E-state index is 11.1. The SMILES string of the molecule is CC(C)(C)N1CCCC1=O.CO/N=C(\C)C(C)(C)C. The Kier molecular flexibility index (Phi) is 6.53. The molecule has 0 aromatic rings. The minimum Gasteiger partial charge on any atom is -0.399 e. The molecule has 4 nitrogen and oxygen atoms in total. The van der Waals surface area contributed by atoms with Gasteiger partial charge in [0.25, 0.3) is 0 Å². The van der Waals surface area contributed by atoms with Crippen LogP contribution in [0.2, 0.25) is 0 Å². The molecule has 0 unspecified atom stereocenters. The highest BCUT2D eigenvalue weighted by atomic mass is 16.6. The van der Waals surface area contributed by atoms with Crippen LogP contribution in [0.25, 0.3) is 0 Å². The van der Waals surface area contributed by atoms with Crippen molar-refractivity contribution in [1.82, 2.24) is 4.90 Å². The Labute approximate surface area is 118 Å². The third-order valence-electron chi connectivity index (χ3n) is 3.20. The van der Waals surface area contributed by atoms with Crippen molar-refractivity contribution < 1.29 is 9.63 Å². The average molecular weight is 270 g/mol. The van der Waals surface area contributed by atoms with Crippen molar-refractivity contribution in [3.05, 3.63) is 0 Å². The quantitative estimate of drug-likeness (QED) is 0.541. The van der Waals surface area contributed by atoms with Gasteiger partial charge in [-0.05, 0) is 34.1 Å². The summed E-state index contributed by atoms with van der Waals surface area (Å²) in [5, 5.41) is 3.81. The van der Waals surface area contributed by atoms with E-state index in [1.807, 2.05) is 11.8 Å². The second-order valence-corrected chi connectivity index (χ2v) is 6.93. The molecule has 1 saturated heterocycles. The van der Waals surface area contributed by atoms with Gasteiger partial charge in [0.15, 0.2) is 0 Å². The lowest BCUT2D eigenvalue weighted by molar-refractivity contribution is -0.131. The Morgan fingerprint density at radius 1 is 1.21 bits per heavy atom. The van der Waals surface area contributed by atoms with Crippen LogP contribution >= 0.6 is 0 Å². The lowest BCUT2D eigenvalue weighted by Gasteiger charge is -2.31. The summed E-state index contributed by atoms with van der Waals surface area (Å²) in [6.07, 6.45) is 1.79. The van der Waals surface area contributed by atoms with Crippen molar-refractivity contribution in [2.24, 2.45) is 10.6 Å². The second kappa shape index (κ2) is 6.92. The smallest absolute Gasteiger partial charge is 0.223 e. The number of hydrogen-bond donors (Lipinski definition) is 0. The van der Waals surface area contributed by atoms with Gasteiger partial charge in [0.1, 0.15) is 7.11 Å². The summed E-state index contributed by atoms with van der Waals surface area (Å²) < 4.78 is 0. The molecule has 1 aliphatic rings. The van der Waals surface area contributed by atoms with E-state index in [-0.39, 0.29) is 11.0 Å². The predicted octanol–water partition coefficient (Wildman–Crippen LogP) is 3.46. The summed E-state index contributed by atoms with van der Waals surface area (Å²) in [5.41, 5.74) is 1.19. The van der Waals surface area contributed by atoms with Crippen molar-refractivity contribution in [3.8, 4) is 0 Å².